The molecule has 0 aliphatic carbocycles. The first-order valence-corrected chi connectivity index (χ1v) is 7.31. The van der Waals surface area contributed by atoms with Gasteiger partial charge < -0.3 is 0 Å². The van der Waals surface area contributed by atoms with Crippen molar-refractivity contribution in [1.82, 2.24) is 0 Å². The predicted molar refractivity (Wildman–Crippen MR) is 59.0 cm³/mol. The molecule has 0 N–H and O–H groups in total. The summed E-state index contributed by atoms with van der Waals surface area (Å²) in [4.78, 5) is 0. The maximum atomic E-state index is 11.9. The molecule has 14 heavy (non-hydrogen) atoms. The molecule has 3 heterocycles. The summed E-state index contributed by atoms with van der Waals surface area (Å²) in [5.74, 6) is -0.131. The average molecular weight is 269 g/mol. The second kappa shape index (κ2) is 2.73. The Hall–Kier alpha value is 0.360. The van der Waals surface area contributed by atoms with Crippen LogP contribution in [0.15, 0.2) is 22.6 Å². The molecular weight excluding hydrogens is 263 g/mol. The smallest absolute Gasteiger partial charge is 0.145 e. The van der Waals surface area contributed by atoms with Crippen molar-refractivity contribution in [2.75, 3.05) is 0 Å². The number of rotatable bonds is 0. The van der Waals surface area contributed by atoms with E-state index in [2.05, 4.69) is 0 Å². The third-order valence-corrected chi connectivity index (χ3v) is 8.11. The Morgan fingerprint density at radius 1 is 1.43 bits per heavy atom. The highest BCUT2D eigenvalue weighted by atomic mass is 35.5. The van der Waals surface area contributed by atoms with Gasteiger partial charge in [-0.05, 0) is 6.08 Å². The molecule has 0 saturated carbocycles. The number of hydrogen-bond donors (Lipinski definition) is 0. The highest BCUT2D eigenvalue weighted by Crippen LogP contribution is 2.55. The molecule has 3 aliphatic heterocycles. The van der Waals surface area contributed by atoms with Gasteiger partial charge >= 0.3 is 0 Å². The molecule has 0 radical (unpaired) electrons. The van der Waals surface area contributed by atoms with Gasteiger partial charge in [-0.3, -0.25) is 8.42 Å². The number of fused-ring (bicyclic) bond motifs is 5. The highest BCUT2D eigenvalue weighted by Gasteiger charge is 2.63. The summed E-state index contributed by atoms with van der Waals surface area (Å²) in [5, 5.41) is -0.364. The van der Waals surface area contributed by atoms with Gasteiger partial charge in [-0.25, -0.2) is 0 Å². The summed E-state index contributed by atoms with van der Waals surface area (Å²) in [6.45, 7) is 0. The van der Waals surface area contributed by atoms with E-state index >= 15 is 0 Å². The Morgan fingerprint density at radius 2 is 2.14 bits per heavy atom. The van der Waals surface area contributed by atoms with Crippen molar-refractivity contribution in [3.63, 3.8) is 0 Å². The first-order valence-electron chi connectivity index (χ1n) is 4.12. The number of alkyl halides is 1. The third kappa shape index (κ3) is 0.889. The van der Waals surface area contributed by atoms with Crippen LogP contribution < -0.4 is 0 Å². The molecule has 0 spiro atoms. The molecule has 2 nitrogen and oxygen atoms in total. The monoisotopic (exact) mass is 268 g/mol. The van der Waals surface area contributed by atoms with E-state index in [0.717, 1.165) is 0 Å². The molecule has 6 atom stereocenters. The standard InChI is InChI=1S/C8H6Cl2O2S2/c9-6-3-4-7(13(6)11)5-1-2-8(4,10)14(5)12/h1-5,7H/t4-,5+,7+,8-,13+,14?/m0/s1. The van der Waals surface area contributed by atoms with Crippen molar-refractivity contribution >= 4 is 44.8 Å². The zero-order chi connectivity index (χ0) is 10.1. The van der Waals surface area contributed by atoms with Crippen molar-refractivity contribution in [3.8, 4) is 0 Å². The summed E-state index contributed by atoms with van der Waals surface area (Å²) in [6, 6.07) is 0. The van der Waals surface area contributed by atoms with Gasteiger partial charge in [0.05, 0.1) is 32.1 Å². The molecule has 1 fully saturated rings. The zero-order valence-corrected chi connectivity index (χ0v) is 10.00. The fourth-order valence-electron chi connectivity index (χ4n) is 2.28. The molecule has 0 aromatic heterocycles. The van der Waals surface area contributed by atoms with E-state index < -0.39 is 25.8 Å². The Balaban J connectivity index is 2.18. The average Bonchev–Trinajstić information content (AvgIpc) is 2.65. The minimum absolute atomic E-state index is 0.131. The van der Waals surface area contributed by atoms with E-state index in [1.165, 1.54) is 0 Å². The SMILES string of the molecule is O=S1[C@@H]2C=C[C@@]1(Cl)[C@H]1C=C(Cl)[S@@](=O)[C@@H]21. The normalized spacial score (nSPS) is 59.0. The van der Waals surface area contributed by atoms with Crippen LogP contribution >= 0.6 is 23.2 Å². The largest absolute Gasteiger partial charge is 0.257 e. The first-order chi connectivity index (χ1) is 6.55. The molecule has 3 aliphatic rings. The van der Waals surface area contributed by atoms with Gasteiger partial charge in [-0.1, -0.05) is 35.4 Å². The van der Waals surface area contributed by atoms with Crippen LogP contribution in [-0.4, -0.2) is 23.1 Å². The van der Waals surface area contributed by atoms with Gasteiger partial charge in [0.2, 0.25) is 0 Å². The Morgan fingerprint density at radius 3 is 2.79 bits per heavy atom. The van der Waals surface area contributed by atoms with E-state index in [-0.39, 0.29) is 16.4 Å². The Kier molecular flexibility index (Phi) is 1.87. The summed E-state index contributed by atoms with van der Waals surface area (Å²) in [5.41, 5.74) is 0. The summed E-state index contributed by atoms with van der Waals surface area (Å²) < 4.78 is 23.1. The van der Waals surface area contributed by atoms with Crippen LogP contribution in [0.5, 0.6) is 0 Å². The maximum Gasteiger partial charge on any atom is 0.145 e. The summed E-state index contributed by atoms with van der Waals surface area (Å²) in [7, 11) is -2.37. The zero-order valence-electron chi connectivity index (χ0n) is 6.85. The van der Waals surface area contributed by atoms with Crippen LogP contribution in [0.3, 0.4) is 0 Å². The van der Waals surface area contributed by atoms with E-state index in [0.29, 0.717) is 4.36 Å². The van der Waals surface area contributed by atoms with Gasteiger partial charge in [0.25, 0.3) is 0 Å². The van der Waals surface area contributed by atoms with Crippen molar-refractivity contribution in [3.05, 3.63) is 22.6 Å². The van der Waals surface area contributed by atoms with Crippen LogP contribution in [0.25, 0.3) is 0 Å². The number of halogens is 2. The molecule has 6 heteroatoms. The molecule has 0 aromatic carbocycles. The second-order valence-electron chi connectivity index (χ2n) is 3.58. The molecule has 76 valence electrons. The van der Waals surface area contributed by atoms with Crippen molar-refractivity contribution in [2.45, 2.75) is 14.7 Å². The molecule has 3 rings (SSSR count). The Labute approximate surface area is 96.3 Å². The van der Waals surface area contributed by atoms with Crippen LogP contribution in [-0.2, 0) is 21.6 Å². The van der Waals surface area contributed by atoms with E-state index in [1.807, 2.05) is 6.08 Å². The van der Waals surface area contributed by atoms with Crippen molar-refractivity contribution < 1.29 is 8.42 Å². The highest BCUT2D eigenvalue weighted by molar-refractivity contribution is 7.95. The Bertz CT molecular complexity index is 431. The maximum absolute atomic E-state index is 11.9. The lowest BCUT2D eigenvalue weighted by Crippen LogP contribution is -2.31. The van der Waals surface area contributed by atoms with E-state index in [1.54, 1.807) is 12.2 Å². The van der Waals surface area contributed by atoms with E-state index in [4.69, 9.17) is 23.2 Å². The number of hydrogen-bond acceptors (Lipinski definition) is 2. The molecular formula is C8H6Cl2O2S2. The molecule has 0 aromatic rings. The molecule has 1 saturated heterocycles. The van der Waals surface area contributed by atoms with Gasteiger partial charge in [-0.15, -0.1) is 0 Å². The van der Waals surface area contributed by atoms with Crippen LogP contribution in [0, 0.1) is 5.92 Å². The van der Waals surface area contributed by atoms with E-state index in [9.17, 15) is 8.42 Å². The van der Waals surface area contributed by atoms with Crippen molar-refractivity contribution in [1.29, 1.82) is 0 Å². The lowest BCUT2D eigenvalue weighted by molar-refractivity contribution is 0.609. The first kappa shape index (κ1) is 9.58. The quantitative estimate of drug-likeness (QED) is 0.492. The van der Waals surface area contributed by atoms with Crippen LogP contribution in [0.4, 0.5) is 0 Å². The fourth-order valence-corrected chi connectivity index (χ4v) is 7.25. The lowest BCUT2D eigenvalue weighted by atomic mass is 9.94. The van der Waals surface area contributed by atoms with Gasteiger partial charge in [0.15, 0.2) is 0 Å². The topological polar surface area (TPSA) is 34.1 Å². The predicted octanol–water partition coefficient (Wildman–Crippen LogP) is 1.45. The van der Waals surface area contributed by atoms with Crippen LogP contribution in [0.2, 0.25) is 0 Å². The lowest BCUT2D eigenvalue weighted by Gasteiger charge is -2.21. The molecule has 2 bridgehead atoms. The molecule has 0 amide bonds. The van der Waals surface area contributed by atoms with Gasteiger partial charge in [0.1, 0.15) is 8.57 Å². The van der Waals surface area contributed by atoms with Gasteiger partial charge in [-0.2, -0.15) is 0 Å². The minimum Gasteiger partial charge on any atom is -0.257 e. The number of allylic oxidation sites excluding steroid dienone is 1. The second-order valence-corrected chi connectivity index (χ2v) is 8.45. The molecule has 1 unspecified atom stereocenters. The third-order valence-electron chi connectivity index (χ3n) is 2.95. The minimum atomic E-state index is -1.22. The summed E-state index contributed by atoms with van der Waals surface area (Å²) >= 11 is 12.1. The van der Waals surface area contributed by atoms with Crippen molar-refractivity contribution in [2.24, 2.45) is 5.92 Å². The van der Waals surface area contributed by atoms with Crippen LogP contribution in [0.1, 0.15) is 0 Å². The summed E-state index contributed by atoms with van der Waals surface area (Å²) in [6.07, 6.45) is 5.28. The fraction of sp³-hybridized carbons (Fsp3) is 0.500. The van der Waals surface area contributed by atoms with Gasteiger partial charge in [0, 0.05) is 5.92 Å².